The van der Waals surface area contributed by atoms with Crippen LogP contribution >= 0.6 is 23.7 Å². The van der Waals surface area contributed by atoms with Gasteiger partial charge in [0.1, 0.15) is 5.75 Å². The minimum absolute atomic E-state index is 0. The quantitative estimate of drug-likeness (QED) is 0.898. The normalized spacial score (nSPS) is 9.62. The smallest absolute Gasteiger partial charge is 0.180 e. The van der Waals surface area contributed by atoms with E-state index in [1.165, 1.54) is 11.3 Å². The summed E-state index contributed by atoms with van der Waals surface area (Å²) in [6.07, 6.45) is 0. The summed E-state index contributed by atoms with van der Waals surface area (Å²) in [7, 11) is 1.67. The number of aryl methyl sites for hydroxylation is 1. The van der Waals surface area contributed by atoms with Gasteiger partial charge >= 0.3 is 0 Å². The van der Waals surface area contributed by atoms with Gasteiger partial charge in [0.25, 0.3) is 0 Å². The third kappa shape index (κ3) is 2.46. The van der Waals surface area contributed by atoms with Gasteiger partial charge in [-0.1, -0.05) is 0 Å². The summed E-state index contributed by atoms with van der Waals surface area (Å²) in [4.78, 5) is 4.23. The third-order valence-electron chi connectivity index (χ3n) is 2.21. The van der Waals surface area contributed by atoms with Crippen molar-refractivity contribution in [1.82, 2.24) is 4.98 Å². The van der Waals surface area contributed by atoms with E-state index in [0.717, 1.165) is 22.6 Å². The number of benzene rings is 1. The molecule has 86 valence electrons. The molecule has 0 saturated carbocycles. The number of anilines is 1. The van der Waals surface area contributed by atoms with Crippen LogP contribution in [0.5, 0.6) is 5.75 Å². The van der Waals surface area contributed by atoms with Gasteiger partial charge in [0.15, 0.2) is 5.13 Å². The number of nitrogens with two attached hydrogens (primary N) is 1. The number of hydrogen-bond acceptors (Lipinski definition) is 4. The maximum Gasteiger partial charge on any atom is 0.180 e. The van der Waals surface area contributed by atoms with Crippen molar-refractivity contribution in [3.63, 3.8) is 0 Å². The van der Waals surface area contributed by atoms with E-state index < -0.39 is 0 Å². The number of aromatic nitrogens is 1. The first-order valence-corrected chi connectivity index (χ1v) is 5.44. The highest BCUT2D eigenvalue weighted by molar-refractivity contribution is 7.13. The first kappa shape index (κ1) is 12.8. The Labute approximate surface area is 105 Å². The lowest BCUT2D eigenvalue weighted by Crippen LogP contribution is -1.88. The summed E-state index contributed by atoms with van der Waals surface area (Å²) in [6, 6.07) is 5.98. The standard InChI is InChI=1S/C11H12N2OS.ClH/c1-7-5-8(3-4-10(7)14-2)9-6-15-11(12)13-9;/h3-6H,1-2H3,(H2,12,13);1H. The average Bonchev–Trinajstić information content (AvgIpc) is 2.65. The van der Waals surface area contributed by atoms with Crippen LogP contribution in [0.15, 0.2) is 23.6 Å². The molecule has 1 heterocycles. The van der Waals surface area contributed by atoms with Crippen molar-refractivity contribution in [2.75, 3.05) is 12.8 Å². The van der Waals surface area contributed by atoms with Gasteiger partial charge in [-0.3, -0.25) is 0 Å². The number of nitrogens with zero attached hydrogens (tertiary/aromatic N) is 1. The van der Waals surface area contributed by atoms with E-state index in [4.69, 9.17) is 10.5 Å². The second kappa shape index (κ2) is 5.18. The van der Waals surface area contributed by atoms with Crippen LogP contribution in [0.25, 0.3) is 11.3 Å². The van der Waals surface area contributed by atoms with Crippen LogP contribution in [0, 0.1) is 6.92 Å². The molecule has 2 rings (SSSR count). The van der Waals surface area contributed by atoms with Crippen LogP contribution in [0.3, 0.4) is 0 Å². The largest absolute Gasteiger partial charge is 0.496 e. The SMILES string of the molecule is COc1ccc(-c2csc(N)n2)cc1C.Cl. The van der Waals surface area contributed by atoms with E-state index >= 15 is 0 Å². The molecule has 0 aliphatic carbocycles. The molecule has 0 saturated heterocycles. The van der Waals surface area contributed by atoms with Gasteiger partial charge in [0.2, 0.25) is 0 Å². The van der Waals surface area contributed by atoms with E-state index in [9.17, 15) is 0 Å². The van der Waals surface area contributed by atoms with Gasteiger partial charge in [0.05, 0.1) is 12.8 Å². The third-order valence-corrected chi connectivity index (χ3v) is 2.89. The van der Waals surface area contributed by atoms with Crippen molar-refractivity contribution in [3.8, 4) is 17.0 Å². The number of rotatable bonds is 2. The number of thiazole rings is 1. The lowest BCUT2D eigenvalue weighted by Gasteiger charge is -2.05. The molecule has 0 aliphatic rings. The molecular formula is C11H13ClN2OS. The zero-order valence-corrected chi connectivity index (χ0v) is 10.7. The summed E-state index contributed by atoms with van der Waals surface area (Å²) in [5.74, 6) is 0.891. The van der Waals surface area contributed by atoms with Crippen molar-refractivity contribution in [1.29, 1.82) is 0 Å². The monoisotopic (exact) mass is 256 g/mol. The van der Waals surface area contributed by atoms with Gasteiger partial charge in [-0.2, -0.15) is 0 Å². The number of methoxy groups -OCH3 is 1. The molecule has 0 radical (unpaired) electrons. The molecule has 0 unspecified atom stereocenters. The lowest BCUT2D eigenvalue weighted by atomic mass is 10.1. The molecule has 1 aromatic heterocycles. The first-order valence-electron chi connectivity index (χ1n) is 4.56. The van der Waals surface area contributed by atoms with E-state index in [2.05, 4.69) is 4.98 Å². The van der Waals surface area contributed by atoms with Gasteiger partial charge in [-0.05, 0) is 30.7 Å². The molecule has 0 amide bonds. The summed E-state index contributed by atoms with van der Waals surface area (Å²) in [5, 5.41) is 2.55. The van der Waals surface area contributed by atoms with Crippen LogP contribution in [0.1, 0.15) is 5.56 Å². The predicted molar refractivity (Wildman–Crippen MR) is 70.5 cm³/mol. The van der Waals surface area contributed by atoms with Crippen LogP contribution in [0.4, 0.5) is 5.13 Å². The molecule has 2 N–H and O–H groups in total. The summed E-state index contributed by atoms with van der Waals surface area (Å²) in [6.45, 7) is 2.01. The Kier molecular flexibility index (Phi) is 4.15. The Morgan fingerprint density at radius 2 is 2.12 bits per heavy atom. The minimum Gasteiger partial charge on any atom is -0.496 e. The number of halogens is 1. The van der Waals surface area contributed by atoms with E-state index in [-0.39, 0.29) is 12.4 Å². The van der Waals surface area contributed by atoms with E-state index in [1.54, 1.807) is 7.11 Å². The molecule has 0 atom stereocenters. The van der Waals surface area contributed by atoms with Crippen molar-refractivity contribution in [2.24, 2.45) is 0 Å². The molecule has 0 aliphatic heterocycles. The Hall–Kier alpha value is -1.26. The van der Waals surface area contributed by atoms with Crippen LogP contribution < -0.4 is 10.5 Å². The molecule has 5 heteroatoms. The molecule has 3 nitrogen and oxygen atoms in total. The second-order valence-corrected chi connectivity index (χ2v) is 4.15. The minimum atomic E-state index is 0. The van der Waals surface area contributed by atoms with Crippen LogP contribution in [-0.4, -0.2) is 12.1 Å². The van der Waals surface area contributed by atoms with Crippen molar-refractivity contribution in [3.05, 3.63) is 29.1 Å². The fourth-order valence-corrected chi connectivity index (χ4v) is 2.03. The molecule has 0 fully saturated rings. The Balaban J connectivity index is 0.00000128. The fourth-order valence-electron chi connectivity index (χ4n) is 1.46. The molecular weight excluding hydrogens is 244 g/mol. The predicted octanol–water partition coefficient (Wildman–Crippen LogP) is 3.13. The summed E-state index contributed by atoms with van der Waals surface area (Å²) < 4.78 is 5.20. The highest BCUT2D eigenvalue weighted by atomic mass is 35.5. The van der Waals surface area contributed by atoms with Crippen molar-refractivity contribution >= 4 is 28.9 Å². The van der Waals surface area contributed by atoms with E-state index in [1.807, 2.05) is 30.5 Å². The second-order valence-electron chi connectivity index (χ2n) is 3.26. The zero-order chi connectivity index (χ0) is 10.8. The number of hydrogen-bond donors (Lipinski definition) is 1. The molecule has 16 heavy (non-hydrogen) atoms. The van der Waals surface area contributed by atoms with Crippen LogP contribution in [-0.2, 0) is 0 Å². The highest BCUT2D eigenvalue weighted by Crippen LogP contribution is 2.27. The summed E-state index contributed by atoms with van der Waals surface area (Å²) in [5.41, 5.74) is 8.68. The van der Waals surface area contributed by atoms with Crippen LogP contribution in [0.2, 0.25) is 0 Å². The molecule has 1 aromatic carbocycles. The average molecular weight is 257 g/mol. The summed E-state index contributed by atoms with van der Waals surface area (Å²) >= 11 is 1.45. The molecule has 0 bridgehead atoms. The van der Waals surface area contributed by atoms with Gasteiger partial charge in [-0.15, -0.1) is 23.7 Å². The lowest BCUT2D eigenvalue weighted by molar-refractivity contribution is 0.412. The highest BCUT2D eigenvalue weighted by Gasteiger charge is 2.04. The number of ether oxygens (including phenoxy) is 1. The van der Waals surface area contributed by atoms with Gasteiger partial charge in [-0.25, -0.2) is 4.98 Å². The molecule has 2 aromatic rings. The first-order chi connectivity index (χ1) is 7.20. The van der Waals surface area contributed by atoms with Gasteiger partial charge < -0.3 is 10.5 Å². The van der Waals surface area contributed by atoms with Crippen molar-refractivity contribution in [2.45, 2.75) is 6.92 Å². The van der Waals surface area contributed by atoms with E-state index in [0.29, 0.717) is 5.13 Å². The molecule has 0 spiro atoms. The zero-order valence-electron chi connectivity index (χ0n) is 9.06. The number of nitrogen functional groups attached to an aromatic ring is 1. The maximum absolute atomic E-state index is 5.59. The fraction of sp³-hybridized carbons (Fsp3) is 0.182. The Bertz CT molecular complexity index is 485. The Morgan fingerprint density at radius 3 is 2.62 bits per heavy atom. The maximum atomic E-state index is 5.59. The van der Waals surface area contributed by atoms with Gasteiger partial charge in [0, 0.05) is 10.9 Å². The van der Waals surface area contributed by atoms with Crippen molar-refractivity contribution < 1.29 is 4.74 Å². The Morgan fingerprint density at radius 1 is 1.38 bits per heavy atom. The topological polar surface area (TPSA) is 48.1 Å².